The Kier molecular flexibility index (Phi) is 5.27. The molecular weight excluding hydrogens is 300 g/mol. The minimum Gasteiger partial charge on any atom is -0.352 e. The molecule has 0 fully saturated rings. The maximum atomic E-state index is 12.0. The largest absolute Gasteiger partial charge is 0.352 e. The van der Waals surface area contributed by atoms with Crippen LogP contribution in [0.2, 0.25) is 0 Å². The van der Waals surface area contributed by atoms with Crippen LogP contribution in [-0.4, -0.2) is 32.1 Å². The van der Waals surface area contributed by atoms with E-state index in [-0.39, 0.29) is 10.8 Å². The second-order valence-corrected chi connectivity index (χ2v) is 7.04. The normalized spacial score (nSPS) is 11.1. The molecule has 2 aromatic rings. The van der Waals surface area contributed by atoms with E-state index >= 15 is 0 Å². The molecule has 0 atom stereocenters. The molecule has 0 spiro atoms. The van der Waals surface area contributed by atoms with Crippen LogP contribution in [0.1, 0.15) is 22.3 Å². The zero-order valence-corrected chi connectivity index (χ0v) is 13.1. The first-order valence-electron chi connectivity index (χ1n) is 6.94. The highest BCUT2D eigenvalue weighted by atomic mass is 32.2. The lowest BCUT2D eigenvalue weighted by atomic mass is 10.1. The average molecular weight is 318 g/mol. The molecule has 0 bridgehead atoms. The predicted octanol–water partition coefficient (Wildman–Crippen LogP) is 1.85. The molecule has 0 aliphatic rings. The zero-order valence-electron chi connectivity index (χ0n) is 12.3. The fourth-order valence-corrected chi connectivity index (χ4v) is 2.68. The van der Waals surface area contributed by atoms with Crippen molar-refractivity contribution >= 4 is 15.7 Å². The van der Waals surface area contributed by atoms with Crippen LogP contribution in [0.5, 0.6) is 0 Å². The van der Waals surface area contributed by atoms with Crippen molar-refractivity contribution in [2.45, 2.75) is 17.7 Å². The van der Waals surface area contributed by atoms with E-state index < -0.39 is 9.84 Å². The first-order chi connectivity index (χ1) is 10.5. The molecule has 1 amide bonds. The number of sulfone groups is 1. The van der Waals surface area contributed by atoms with Gasteiger partial charge in [0.15, 0.2) is 9.84 Å². The minimum atomic E-state index is -3.31. The van der Waals surface area contributed by atoms with E-state index in [4.69, 9.17) is 0 Å². The summed E-state index contributed by atoms with van der Waals surface area (Å²) >= 11 is 0. The monoisotopic (exact) mass is 318 g/mol. The van der Waals surface area contributed by atoms with Gasteiger partial charge in [0.1, 0.15) is 0 Å². The quantitative estimate of drug-likeness (QED) is 0.825. The van der Waals surface area contributed by atoms with Crippen LogP contribution in [0.15, 0.2) is 53.7 Å². The van der Waals surface area contributed by atoms with Crippen molar-refractivity contribution in [3.05, 3.63) is 59.9 Å². The Hall–Kier alpha value is -2.21. The van der Waals surface area contributed by atoms with Gasteiger partial charge in [0.25, 0.3) is 5.91 Å². The number of hydrogen-bond donors (Lipinski definition) is 1. The highest BCUT2D eigenvalue weighted by molar-refractivity contribution is 7.90. The molecule has 0 radical (unpaired) electrons. The summed E-state index contributed by atoms with van der Waals surface area (Å²) in [5, 5.41) is 2.79. The Morgan fingerprint density at radius 3 is 2.73 bits per heavy atom. The van der Waals surface area contributed by atoms with Crippen molar-refractivity contribution in [3.63, 3.8) is 0 Å². The Labute approximate surface area is 130 Å². The van der Waals surface area contributed by atoms with Crippen molar-refractivity contribution in [3.8, 4) is 0 Å². The minimum absolute atomic E-state index is 0.149. The molecule has 0 aliphatic carbocycles. The van der Waals surface area contributed by atoms with E-state index in [9.17, 15) is 13.2 Å². The van der Waals surface area contributed by atoms with Crippen molar-refractivity contribution in [2.24, 2.45) is 0 Å². The number of aryl methyl sites for hydroxylation is 1. The van der Waals surface area contributed by atoms with Gasteiger partial charge in [0.2, 0.25) is 0 Å². The number of nitrogens with zero attached hydrogens (tertiary/aromatic N) is 1. The molecular formula is C16H18N2O3S. The first-order valence-corrected chi connectivity index (χ1v) is 8.83. The Bertz CT molecular complexity index is 743. The van der Waals surface area contributed by atoms with Gasteiger partial charge in [-0.15, -0.1) is 0 Å². The topological polar surface area (TPSA) is 76.1 Å². The van der Waals surface area contributed by atoms with E-state index in [1.165, 1.54) is 12.1 Å². The van der Waals surface area contributed by atoms with E-state index in [0.717, 1.165) is 24.7 Å². The van der Waals surface area contributed by atoms with Gasteiger partial charge < -0.3 is 5.32 Å². The third kappa shape index (κ3) is 4.66. The summed E-state index contributed by atoms with van der Waals surface area (Å²) in [6, 6.07) is 9.92. The van der Waals surface area contributed by atoms with Gasteiger partial charge in [-0.3, -0.25) is 9.78 Å². The molecule has 5 nitrogen and oxygen atoms in total. The lowest BCUT2D eigenvalue weighted by molar-refractivity contribution is 0.0953. The summed E-state index contributed by atoms with van der Waals surface area (Å²) in [7, 11) is -3.31. The van der Waals surface area contributed by atoms with Gasteiger partial charge >= 0.3 is 0 Å². The molecule has 1 N–H and O–H groups in total. The van der Waals surface area contributed by atoms with E-state index in [0.29, 0.717) is 12.1 Å². The highest BCUT2D eigenvalue weighted by Crippen LogP contribution is 2.11. The Morgan fingerprint density at radius 1 is 1.23 bits per heavy atom. The molecule has 116 valence electrons. The van der Waals surface area contributed by atoms with Crippen molar-refractivity contribution in [1.82, 2.24) is 10.3 Å². The number of nitrogens with one attached hydrogen (secondary N) is 1. The van der Waals surface area contributed by atoms with Gasteiger partial charge in [-0.05, 0) is 42.7 Å². The number of rotatable bonds is 6. The van der Waals surface area contributed by atoms with Crippen LogP contribution in [0, 0.1) is 0 Å². The van der Waals surface area contributed by atoms with E-state index in [1.54, 1.807) is 24.5 Å². The van der Waals surface area contributed by atoms with Gasteiger partial charge in [0, 0.05) is 30.8 Å². The zero-order chi connectivity index (χ0) is 16.0. The number of carbonyl (C=O) groups is 1. The van der Waals surface area contributed by atoms with E-state index in [1.807, 2.05) is 12.1 Å². The van der Waals surface area contributed by atoms with Crippen LogP contribution >= 0.6 is 0 Å². The van der Waals surface area contributed by atoms with Crippen LogP contribution in [0.3, 0.4) is 0 Å². The number of pyridine rings is 1. The average Bonchev–Trinajstić information content (AvgIpc) is 2.52. The van der Waals surface area contributed by atoms with Crippen LogP contribution in [0.4, 0.5) is 0 Å². The number of hydrogen-bond acceptors (Lipinski definition) is 4. The molecule has 1 heterocycles. The number of benzene rings is 1. The second-order valence-electron chi connectivity index (χ2n) is 5.02. The molecule has 22 heavy (non-hydrogen) atoms. The third-order valence-corrected chi connectivity index (χ3v) is 4.29. The molecule has 2 rings (SSSR count). The summed E-state index contributed by atoms with van der Waals surface area (Å²) in [6.07, 6.45) is 6.27. The standard InChI is InChI=1S/C16H18N2O3S/c1-22(20,21)15-8-2-7-14(11-15)16(19)18-10-4-6-13-5-3-9-17-12-13/h2-3,5,7-9,11-12H,4,6,10H2,1H3,(H,18,19). The SMILES string of the molecule is CS(=O)(=O)c1cccc(C(=O)NCCCc2cccnc2)c1. The summed E-state index contributed by atoms with van der Waals surface area (Å²) in [5.74, 6) is -0.267. The lowest BCUT2D eigenvalue weighted by Crippen LogP contribution is -2.25. The van der Waals surface area contributed by atoms with Gasteiger partial charge in [-0.1, -0.05) is 12.1 Å². The Balaban J connectivity index is 1.88. The number of aromatic nitrogens is 1. The molecule has 0 aliphatic heterocycles. The first kappa shape index (κ1) is 16.2. The maximum Gasteiger partial charge on any atom is 0.251 e. The highest BCUT2D eigenvalue weighted by Gasteiger charge is 2.11. The van der Waals surface area contributed by atoms with Crippen molar-refractivity contribution < 1.29 is 13.2 Å². The maximum absolute atomic E-state index is 12.0. The molecule has 0 saturated heterocycles. The molecule has 0 unspecified atom stereocenters. The molecule has 6 heteroatoms. The molecule has 1 aromatic heterocycles. The number of amides is 1. The van der Waals surface area contributed by atoms with Crippen LogP contribution < -0.4 is 5.32 Å². The number of carbonyl (C=O) groups excluding carboxylic acids is 1. The summed E-state index contributed by atoms with van der Waals surface area (Å²) in [6.45, 7) is 0.525. The van der Waals surface area contributed by atoms with Crippen molar-refractivity contribution in [1.29, 1.82) is 0 Å². The fraction of sp³-hybridized carbons (Fsp3) is 0.250. The lowest BCUT2D eigenvalue weighted by Gasteiger charge is -2.06. The van der Waals surface area contributed by atoms with Crippen LogP contribution in [-0.2, 0) is 16.3 Å². The van der Waals surface area contributed by atoms with Gasteiger partial charge in [-0.25, -0.2) is 8.42 Å². The van der Waals surface area contributed by atoms with Crippen molar-refractivity contribution in [2.75, 3.05) is 12.8 Å². The third-order valence-electron chi connectivity index (χ3n) is 3.17. The van der Waals surface area contributed by atoms with Crippen LogP contribution in [0.25, 0.3) is 0 Å². The Morgan fingerprint density at radius 2 is 2.05 bits per heavy atom. The van der Waals surface area contributed by atoms with Gasteiger partial charge in [-0.2, -0.15) is 0 Å². The summed E-state index contributed by atoms with van der Waals surface area (Å²) in [5.41, 5.74) is 1.47. The second kappa shape index (κ2) is 7.17. The van der Waals surface area contributed by atoms with Gasteiger partial charge in [0.05, 0.1) is 4.90 Å². The van der Waals surface area contributed by atoms with E-state index in [2.05, 4.69) is 10.3 Å². The summed E-state index contributed by atoms with van der Waals surface area (Å²) < 4.78 is 23.0. The molecule has 0 saturated carbocycles. The molecule has 1 aromatic carbocycles. The smallest absolute Gasteiger partial charge is 0.251 e. The fourth-order valence-electron chi connectivity index (χ4n) is 2.01. The predicted molar refractivity (Wildman–Crippen MR) is 84.4 cm³/mol. The summed E-state index contributed by atoms with van der Waals surface area (Å²) in [4.78, 5) is 16.2.